The van der Waals surface area contributed by atoms with Gasteiger partial charge in [-0.1, -0.05) is 13.8 Å². The summed E-state index contributed by atoms with van der Waals surface area (Å²) in [5.74, 6) is 0.174. The van der Waals surface area contributed by atoms with Crippen molar-refractivity contribution in [3.63, 3.8) is 0 Å². The van der Waals surface area contributed by atoms with E-state index in [9.17, 15) is 4.79 Å². The van der Waals surface area contributed by atoms with Crippen LogP contribution in [0.1, 0.15) is 25.5 Å². The number of aromatic nitrogens is 2. The van der Waals surface area contributed by atoms with Gasteiger partial charge in [0.05, 0.1) is 11.0 Å². The number of rotatable bonds is 1. The Kier molecular flexibility index (Phi) is 1.92. The maximum atomic E-state index is 11.5. The van der Waals surface area contributed by atoms with Gasteiger partial charge in [0.1, 0.15) is 5.69 Å². The summed E-state index contributed by atoms with van der Waals surface area (Å²) >= 11 is 1.55. The molecule has 0 bridgehead atoms. The van der Waals surface area contributed by atoms with Gasteiger partial charge in [-0.15, -0.1) is 11.3 Å². The molecule has 2 heterocycles. The third-order valence-corrected chi connectivity index (χ3v) is 2.64. The van der Waals surface area contributed by atoms with Crippen LogP contribution in [0.2, 0.25) is 0 Å². The van der Waals surface area contributed by atoms with E-state index in [1.807, 2.05) is 24.6 Å². The van der Waals surface area contributed by atoms with Crippen LogP contribution >= 0.6 is 11.3 Å². The van der Waals surface area contributed by atoms with Crippen molar-refractivity contribution in [1.29, 1.82) is 0 Å². The first-order valence-corrected chi connectivity index (χ1v) is 5.09. The van der Waals surface area contributed by atoms with Crippen molar-refractivity contribution in [2.75, 3.05) is 0 Å². The fourth-order valence-electron chi connectivity index (χ4n) is 1.23. The van der Waals surface area contributed by atoms with Gasteiger partial charge in [-0.05, 0) is 0 Å². The summed E-state index contributed by atoms with van der Waals surface area (Å²) in [6.45, 7) is 3.94. The smallest absolute Gasteiger partial charge is 0.270 e. The maximum Gasteiger partial charge on any atom is 0.270 e. The van der Waals surface area contributed by atoms with Crippen molar-refractivity contribution in [1.82, 2.24) is 9.97 Å². The molecule has 0 radical (unpaired) electrons. The summed E-state index contributed by atoms with van der Waals surface area (Å²) in [5.41, 5.74) is 2.26. The largest absolute Gasteiger partial charge is 0.318 e. The Balaban J connectivity index is 2.77. The van der Waals surface area contributed by atoms with Crippen LogP contribution in [-0.4, -0.2) is 9.97 Å². The lowest BCUT2D eigenvalue weighted by atomic mass is 10.1. The van der Waals surface area contributed by atoms with Gasteiger partial charge in [-0.25, -0.2) is 4.98 Å². The minimum absolute atomic E-state index is 0.0686. The van der Waals surface area contributed by atoms with Gasteiger partial charge in [-0.3, -0.25) is 4.79 Å². The number of H-pyrrole nitrogens is 1. The summed E-state index contributed by atoms with van der Waals surface area (Å²) in [6, 6.07) is 0. The van der Waals surface area contributed by atoms with Crippen molar-refractivity contribution in [3.05, 3.63) is 26.8 Å². The number of aromatic amines is 1. The molecule has 0 aromatic carbocycles. The van der Waals surface area contributed by atoms with Gasteiger partial charge >= 0.3 is 0 Å². The van der Waals surface area contributed by atoms with E-state index in [0.29, 0.717) is 5.69 Å². The molecule has 2 aromatic rings. The normalized spacial score (nSPS) is 11.3. The van der Waals surface area contributed by atoms with Crippen LogP contribution in [0.5, 0.6) is 0 Å². The van der Waals surface area contributed by atoms with Gasteiger partial charge in [0.2, 0.25) is 0 Å². The highest BCUT2D eigenvalue weighted by atomic mass is 32.1. The second-order valence-corrected chi connectivity index (χ2v) is 4.02. The number of nitrogens with one attached hydrogen (secondary N) is 1. The van der Waals surface area contributed by atoms with Gasteiger partial charge in [0.15, 0.2) is 0 Å². The van der Waals surface area contributed by atoms with Crippen molar-refractivity contribution in [2.24, 2.45) is 0 Å². The first-order valence-electron chi connectivity index (χ1n) is 4.14. The zero-order valence-corrected chi connectivity index (χ0v) is 8.31. The highest BCUT2D eigenvalue weighted by Gasteiger charge is 2.08. The third kappa shape index (κ3) is 1.37. The van der Waals surface area contributed by atoms with Crippen LogP contribution in [0.4, 0.5) is 0 Å². The number of hydrogen-bond donors (Lipinski definition) is 1. The first-order chi connectivity index (χ1) is 6.18. The van der Waals surface area contributed by atoms with E-state index in [1.54, 1.807) is 11.3 Å². The molecular weight excluding hydrogens is 184 g/mol. The second kappa shape index (κ2) is 2.96. The third-order valence-electron chi connectivity index (χ3n) is 1.91. The average Bonchev–Trinajstić information content (AvgIpc) is 2.48. The molecule has 4 heteroatoms. The minimum atomic E-state index is -0.0686. The summed E-state index contributed by atoms with van der Waals surface area (Å²) in [4.78, 5) is 18.6. The molecule has 13 heavy (non-hydrogen) atoms. The second-order valence-electron chi connectivity index (χ2n) is 3.28. The molecule has 0 aliphatic rings. The summed E-state index contributed by atoms with van der Waals surface area (Å²) < 4.78 is 0. The molecule has 0 fully saturated rings. The molecule has 68 valence electrons. The molecule has 0 saturated heterocycles. The van der Waals surface area contributed by atoms with Crippen LogP contribution < -0.4 is 5.56 Å². The van der Waals surface area contributed by atoms with Gasteiger partial charge in [0, 0.05) is 16.7 Å². The van der Waals surface area contributed by atoms with E-state index in [-0.39, 0.29) is 11.5 Å². The molecule has 2 rings (SSSR count). The fraction of sp³-hybridized carbons (Fsp3) is 0.333. The van der Waals surface area contributed by atoms with Crippen LogP contribution in [0.25, 0.3) is 11.0 Å². The Labute approximate surface area is 79.4 Å². The zero-order valence-electron chi connectivity index (χ0n) is 7.50. The molecule has 0 unspecified atom stereocenters. The standard InChI is InChI=1S/C9H10N2OS/c1-5(2)8-9(12)11-7-4-13-3-6(7)10-8/h3-5H,1-2H3,(H,11,12). The van der Waals surface area contributed by atoms with Crippen molar-refractivity contribution < 1.29 is 0 Å². The van der Waals surface area contributed by atoms with Crippen LogP contribution in [0.3, 0.4) is 0 Å². The molecule has 0 atom stereocenters. The molecular formula is C9H10N2OS. The van der Waals surface area contributed by atoms with Crippen molar-refractivity contribution in [2.45, 2.75) is 19.8 Å². The van der Waals surface area contributed by atoms with Gasteiger partial charge in [0.25, 0.3) is 5.56 Å². The zero-order chi connectivity index (χ0) is 9.42. The van der Waals surface area contributed by atoms with E-state index >= 15 is 0 Å². The SMILES string of the molecule is CC(C)c1nc2cscc2[nH]c1=O. The predicted octanol–water partition coefficient (Wildman–Crippen LogP) is 2.11. The topological polar surface area (TPSA) is 45.8 Å². The van der Waals surface area contributed by atoms with Crippen molar-refractivity contribution >= 4 is 22.4 Å². The first kappa shape index (κ1) is 8.44. The summed E-state index contributed by atoms with van der Waals surface area (Å²) in [5, 5.41) is 3.84. The number of thiophene rings is 1. The van der Waals surface area contributed by atoms with E-state index < -0.39 is 0 Å². The summed E-state index contributed by atoms with van der Waals surface area (Å²) in [7, 11) is 0. The van der Waals surface area contributed by atoms with E-state index in [4.69, 9.17) is 0 Å². The molecule has 2 aromatic heterocycles. The van der Waals surface area contributed by atoms with Crippen LogP contribution in [0, 0.1) is 0 Å². The van der Waals surface area contributed by atoms with E-state index in [2.05, 4.69) is 9.97 Å². The fourth-order valence-corrected chi connectivity index (χ4v) is 1.92. The Hall–Kier alpha value is -1.16. The average molecular weight is 194 g/mol. The molecule has 0 spiro atoms. The minimum Gasteiger partial charge on any atom is -0.318 e. The highest BCUT2D eigenvalue weighted by Crippen LogP contribution is 2.15. The summed E-state index contributed by atoms with van der Waals surface area (Å²) in [6.07, 6.45) is 0. The lowest BCUT2D eigenvalue weighted by molar-refractivity contribution is 0.808. The Morgan fingerprint density at radius 1 is 1.46 bits per heavy atom. The number of nitrogens with zero attached hydrogens (tertiary/aromatic N) is 1. The van der Waals surface area contributed by atoms with Gasteiger partial charge in [-0.2, -0.15) is 0 Å². The van der Waals surface area contributed by atoms with Crippen molar-refractivity contribution in [3.8, 4) is 0 Å². The molecule has 0 aliphatic heterocycles. The molecule has 0 aliphatic carbocycles. The molecule has 0 saturated carbocycles. The number of hydrogen-bond acceptors (Lipinski definition) is 3. The molecule has 0 amide bonds. The van der Waals surface area contributed by atoms with E-state index in [0.717, 1.165) is 11.0 Å². The number of fused-ring (bicyclic) bond motifs is 1. The molecule has 3 nitrogen and oxygen atoms in total. The lowest BCUT2D eigenvalue weighted by Crippen LogP contribution is -2.15. The van der Waals surface area contributed by atoms with E-state index in [1.165, 1.54) is 0 Å². The Bertz CT molecular complexity index is 484. The predicted molar refractivity (Wildman–Crippen MR) is 54.3 cm³/mol. The monoisotopic (exact) mass is 194 g/mol. The van der Waals surface area contributed by atoms with Crippen LogP contribution in [0.15, 0.2) is 15.6 Å². The lowest BCUT2D eigenvalue weighted by Gasteiger charge is -2.01. The van der Waals surface area contributed by atoms with Crippen LogP contribution in [-0.2, 0) is 0 Å². The van der Waals surface area contributed by atoms with Gasteiger partial charge < -0.3 is 4.98 Å². The quantitative estimate of drug-likeness (QED) is 0.755. The Morgan fingerprint density at radius 3 is 2.92 bits per heavy atom. The maximum absolute atomic E-state index is 11.5. The Morgan fingerprint density at radius 2 is 2.23 bits per heavy atom. The molecule has 1 N–H and O–H groups in total. The highest BCUT2D eigenvalue weighted by molar-refractivity contribution is 7.09.